The number of hydrogen-bond acceptors (Lipinski definition) is 4. The van der Waals surface area contributed by atoms with Crippen LogP contribution in [-0.2, 0) is 20.1 Å². The van der Waals surface area contributed by atoms with Gasteiger partial charge in [0.05, 0.1) is 19.0 Å². The van der Waals surface area contributed by atoms with Crippen LogP contribution in [-0.4, -0.2) is 23.0 Å². The van der Waals surface area contributed by atoms with E-state index in [1.165, 1.54) is 46.6 Å². The molecule has 0 amide bonds. The molecule has 0 fully saturated rings. The first-order valence-electron chi connectivity index (χ1n) is 18.3. The number of rotatable bonds is 4. The van der Waals surface area contributed by atoms with E-state index in [-0.39, 0.29) is 37.2 Å². The van der Waals surface area contributed by atoms with Crippen molar-refractivity contribution >= 4 is 35.3 Å². The maximum Gasteiger partial charge on any atom is 0.219 e. The number of pyridine rings is 3. The number of aryl methyl sites for hydroxylation is 5. The van der Waals surface area contributed by atoms with E-state index in [1.54, 1.807) is 36.7 Å². The number of hydrogen-bond donors (Lipinski definition) is 0. The summed E-state index contributed by atoms with van der Waals surface area (Å²) in [4.78, 5) is 13.1. The maximum absolute atomic E-state index is 14.4. The topological polar surface area (TPSA) is 51.8 Å². The molecule has 4 heterocycles. The molecule has 0 aliphatic rings. The predicted octanol–water partition coefficient (Wildman–Crippen LogP) is 10.3. The molecule has 0 saturated heterocycles. The Balaban J connectivity index is 0.000000208. The van der Waals surface area contributed by atoms with E-state index >= 15 is 0 Å². The molecular weight excluding hydrogens is 790 g/mol. The first-order valence-corrected chi connectivity index (χ1v) is 18.8. The molecule has 0 atom stereocenters. The van der Waals surface area contributed by atoms with E-state index in [1.807, 2.05) is 12.1 Å². The molecular formula is C41H38FIrN3OSi-2. The van der Waals surface area contributed by atoms with Gasteiger partial charge >= 0.3 is 0 Å². The van der Waals surface area contributed by atoms with Crippen molar-refractivity contribution in [2.45, 2.75) is 54.1 Å². The number of halogens is 1. The second-order valence-corrected chi connectivity index (χ2v) is 17.8. The molecule has 0 saturated carbocycles. The van der Waals surface area contributed by atoms with Crippen LogP contribution in [0.2, 0.25) is 19.6 Å². The average molecular weight is 834 g/mol. The summed E-state index contributed by atoms with van der Waals surface area (Å²) in [7, 11) is -1.85. The van der Waals surface area contributed by atoms with Crippen molar-refractivity contribution in [1.29, 1.82) is 0 Å². The molecule has 0 spiro atoms. The third kappa shape index (κ3) is 7.09. The molecule has 7 heteroatoms. The monoisotopic (exact) mass is 834 g/mol. The third-order valence-corrected chi connectivity index (χ3v) is 10.1. The minimum absolute atomic E-state index is 0. The Morgan fingerprint density at radius 1 is 0.792 bits per heavy atom. The van der Waals surface area contributed by atoms with Gasteiger partial charge in [0.25, 0.3) is 0 Å². The molecule has 245 valence electrons. The van der Waals surface area contributed by atoms with Gasteiger partial charge < -0.3 is 14.4 Å². The second-order valence-electron chi connectivity index (χ2n) is 12.7. The molecule has 0 unspecified atom stereocenters. The summed E-state index contributed by atoms with van der Waals surface area (Å²) in [5, 5.41) is 1.87. The standard InChI is InChI=1S/C25H18FN2O.C16H20NSi.Ir/c1-14-11-15(2)22(16(3)12-14)17-7-9-27-21(13-17)18-5-4-6-19-23-20(26)8-10-28-25(23)29-24(18)19;1-12-6-8-14(9-7-12)15-10-13(2)16(11-17-15)18(3,4)5;/h4,6-13H,1-3H3;6-8,10-11H,1-5H3;/q2*-1;/i;1D3,2D3;. The third-order valence-electron chi connectivity index (χ3n) is 8.07. The molecule has 4 aromatic heterocycles. The van der Waals surface area contributed by atoms with Crippen LogP contribution in [0.1, 0.15) is 36.0 Å². The molecule has 1 radical (unpaired) electrons. The smallest absolute Gasteiger partial charge is 0.219 e. The van der Waals surface area contributed by atoms with Crippen LogP contribution in [0.3, 0.4) is 0 Å². The number of fused-ring (bicyclic) bond motifs is 3. The summed E-state index contributed by atoms with van der Waals surface area (Å²) in [6.07, 6.45) is 4.84. The maximum atomic E-state index is 14.4. The Morgan fingerprint density at radius 2 is 1.56 bits per heavy atom. The normalized spacial score (nSPS) is 13.6. The number of benzene rings is 3. The van der Waals surface area contributed by atoms with Crippen molar-refractivity contribution in [3.05, 3.63) is 131 Å². The van der Waals surface area contributed by atoms with Crippen LogP contribution < -0.4 is 5.19 Å². The fourth-order valence-electron chi connectivity index (χ4n) is 5.96. The van der Waals surface area contributed by atoms with Crippen LogP contribution >= 0.6 is 0 Å². The first kappa shape index (κ1) is 27.6. The molecule has 0 bridgehead atoms. The van der Waals surface area contributed by atoms with E-state index in [0.29, 0.717) is 38.7 Å². The zero-order valence-electron chi connectivity index (χ0n) is 33.5. The summed E-state index contributed by atoms with van der Waals surface area (Å²) >= 11 is 0. The van der Waals surface area contributed by atoms with Crippen molar-refractivity contribution in [3.63, 3.8) is 0 Å². The number of nitrogens with zero attached hydrogens (tertiary/aromatic N) is 3. The second kappa shape index (κ2) is 14.1. The van der Waals surface area contributed by atoms with Gasteiger partial charge in [0, 0.05) is 46.9 Å². The van der Waals surface area contributed by atoms with Gasteiger partial charge in [0.2, 0.25) is 5.71 Å². The zero-order valence-corrected chi connectivity index (χ0v) is 30.9. The summed E-state index contributed by atoms with van der Waals surface area (Å²) in [5.74, 6) is -0.349. The van der Waals surface area contributed by atoms with Crippen molar-refractivity contribution in [2.24, 2.45) is 0 Å². The van der Waals surface area contributed by atoms with Gasteiger partial charge in [-0.05, 0) is 78.6 Å². The van der Waals surface area contributed by atoms with E-state index < -0.39 is 21.8 Å². The summed E-state index contributed by atoms with van der Waals surface area (Å²) < 4.78 is 65.9. The van der Waals surface area contributed by atoms with Crippen molar-refractivity contribution < 1.29 is 37.1 Å². The Bertz CT molecular complexity index is 2450. The summed E-state index contributed by atoms with van der Waals surface area (Å²) in [6, 6.07) is 25.6. The Morgan fingerprint density at radius 3 is 2.25 bits per heavy atom. The van der Waals surface area contributed by atoms with Crippen LogP contribution in [0.25, 0.3) is 55.7 Å². The van der Waals surface area contributed by atoms with E-state index in [2.05, 4.69) is 79.6 Å². The van der Waals surface area contributed by atoms with Gasteiger partial charge in [0.15, 0.2) is 0 Å². The number of furan rings is 1. The molecule has 3 aromatic carbocycles. The van der Waals surface area contributed by atoms with Crippen LogP contribution in [0.15, 0.2) is 89.7 Å². The summed E-state index contributed by atoms with van der Waals surface area (Å²) in [6.45, 7) is 8.18. The average Bonchev–Trinajstić information content (AvgIpc) is 3.47. The Kier molecular flexibility index (Phi) is 8.09. The Labute approximate surface area is 305 Å². The van der Waals surface area contributed by atoms with Crippen molar-refractivity contribution in [1.82, 2.24) is 15.0 Å². The fraction of sp³-hybridized carbons (Fsp3) is 0.195. The van der Waals surface area contributed by atoms with Crippen molar-refractivity contribution in [2.75, 3.05) is 0 Å². The molecule has 4 nitrogen and oxygen atoms in total. The molecule has 0 aliphatic carbocycles. The van der Waals surface area contributed by atoms with Gasteiger partial charge in [-0.3, -0.25) is 0 Å². The quantitative estimate of drug-likeness (QED) is 0.131. The van der Waals surface area contributed by atoms with E-state index in [9.17, 15) is 4.39 Å². The van der Waals surface area contributed by atoms with Gasteiger partial charge in [0.1, 0.15) is 5.82 Å². The van der Waals surface area contributed by atoms with Crippen LogP contribution in [0, 0.1) is 52.4 Å². The first-order chi connectivity index (χ1) is 24.8. The predicted molar refractivity (Wildman–Crippen MR) is 194 cm³/mol. The van der Waals surface area contributed by atoms with Crippen molar-refractivity contribution in [3.8, 4) is 33.6 Å². The van der Waals surface area contributed by atoms with Gasteiger partial charge in [-0.2, -0.15) is 0 Å². The van der Waals surface area contributed by atoms with Crippen LogP contribution in [0.4, 0.5) is 4.39 Å². The molecule has 0 aliphatic heterocycles. The number of aromatic nitrogens is 3. The molecule has 7 rings (SSSR count). The summed E-state index contributed by atoms with van der Waals surface area (Å²) in [5.41, 5.74) is 9.79. The SMILES string of the molecule is Cc1cc(C)c(-c2ccnc(-c3[c-]ccc4c3oc3nccc(F)c34)c2)c(C)c1.[2H]C([2H])([2H])c1c[c-]c(-c2cc(C([2H])([2H])[2H])c([Si](C)(C)C)cn2)cc1.[Ir]. The largest absolute Gasteiger partial charge is 0.486 e. The van der Waals surface area contributed by atoms with Gasteiger partial charge in [-0.25, -0.2) is 9.37 Å². The zero-order chi connectivity index (χ0) is 38.5. The molecule has 48 heavy (non-hydrogen) atoms. The minimum atomic E-state index is -2.22. The van der Waals surface area contributed by atoms with Gasteiger partial charge in [-0.1, -0.05) is 72.8 Å². The van der Waals surface area contributed by atoms with Crippen LogP contribution in [0.5, 0.6) is 0 Å². The van der Waals surface area contributed by atoms with E-state index in [4.69, 9.17) is 12.6 Å². The molecule has 7 aromatic rings. The molecule has 0 N–H and O–H groups in total. The van der Waals surface area contributed by atoms with E-state index in [0.717, 1.165) is 16.4 Å². The van der Waals surface area contributed by atoms with Gasteiger partial charge in [-0.15, -0.1) is 53.6 Å². The minimum Gasteiger partial charge on any atom is -0.486 e. The fourth-order valence-corrected chi connectivity index (χ4v) is 7.29. The Hall–Kier alpha value is -4.29.